The van der Waals surface area contributed by atoms with Crippen molar-refractivity contribution in [3.63, 3.8) is 0 Å². The smallest absolute Gasteiger partial charge is 0.129 e. The van der Waals surface area contributed by atoms with Crippen molar-refractivity contribution in [1.29, 1.82) is 0 Å². The summed E-state index contributed by atoms with van der Waals surface area (Å²) < 4.78 is 23.0. The number of methoxy groups -OCH3 is 1. The Balaban J connectivity index is 2.36. The zero-order valence-electron chi connectivity index (χ0n) is 6.71. The van der Waals surface area contributed by atoms with Gasteiger partial charge in [0.25, 0.3) is 0 Å². The second-order valence-electron chi connectivity index (χ2n) is 2.71. The van der Waals surface area contributed by atoms with Crippen LogP contribution in [0.2, 0.25) is 0 Å². The number of epoxide rings is 1. The third kappa shape index (κ3) is 1.28. The maximum absolute atomic E-state index is 13.1. The summed E-state index contributed by atoms with van der Waals surface area (Å²) in [6, 6.07) is 4.67. The van der Waals surface area contributed by atoms with Gasteiger partial charge in [-0.2, -0.15) is 0 Å². The Labute approximate surface area is 69.9 Å². The third-order valence-corrected chi connectivity index (χ3v) is 1.88. The molecule has 1 atom stereocenters. The van der Waals surface area contributed by atoms with Crippen LogP contribution in [0.5, 0.6) is 5.75 Å². The van der Waals surface area contributed by atoms with Crippen LogP contribution in [0.15, 0.2) is 18.2 Å². The first-order valence-corrected chi connectivity index (χ1v) is 3.76. The number of ether oxygens (including phenoxy) is 2. The van der Waals surface area contributed by atoms with Gasteiger partial charge in [0, 0.05) is 5.56 Å². The Kier molecular flexibility index (Phi) is 1.73. The van der Waals surface area contributed by atoms with Gasteiger partial charge in [0.15, 0.2) is 0 Å². The monoisotopic (exact) mass is 168 g/mol. The Hall–Kier alpha value is -1.09. The normalized spacial score (nSPS) is 20.7. The molecule has 1 fully saturated rings. The number of hydrogen-bond donors (Lipinski definition) is 0. The highest BCUT2D eigenvalue weighted by Crippen LogP contribution is 2.33. The van der Waals surface area contributed by atoms with Gasteiger partial charge in [0.2, 0.25) is 0 Å². The lowest BCUT2D eigenvalue weighted by Crippen LogP contribution is -1.90. The molecule has 1 heterocycles. The van der Waals surface area contributed by atoms with E-state index in [2.05, 4.69) is 0 Å². The average molecular weight is 168 g/mol. The predicted molar refractivity (Wildman–Crippen MR) is 41.6 cm³/mol. The molecule has 1 aliphatic rings. The van der Waals surface area contributed by atoms with Crippen molar-refractivity contribution in [3.8, 4) is 5.75 Å². The topological polar surface area (TPSA) is 21.8 Å². The maximum atomic E-state index is 13.1. The first-order valence-electron chi connectivity index (χ1n) is 3.76. The van der Waals surface area contributed by atoms with Crippen molar-refractivity contribution >= 4 is 0 Å². The molecule has 2 rings (SSSR count). The molecule has 64 valence electrons. The van der Waals surface area contributed by atoms with E-state index in [4.69, 9.17) is 9.47 Å². The minimum Gasteiger partial charge on any atom is -0.497 e. The molecule has 1 unspecified atom stereocenters. The summed E-state index contributed by atoms with van der Waals surface area (Å²) in [7, 11) is 1.56. The molecule has 2 nitrogen and oxygen atoms in total. The molecule has 0 amide bonds. The summed E-state index contributed by atoms with van der Waals surface area (Å²) >= 11 is 0. The summed E-state index contributed by atoms with van der Waals surface area (Å²) in [4.78, 5) is 0. The molecular weight excluding hydrogens is 159 g/mol. The fourth-order valence-electron chi connectivity index (χ4n) is 1.12. The lowest BCUT2D eigenvalue weighted by molar-refractivity contribution is 0.397. The van der Waals surface area contributed by atoms with Gasteiger partial charge in [-0.15, -0.1) is 0 Å². The van der Waals surface area contributed by atoms with Gasteiger partial charge in [0.05, 0.1) is 13.7 Å². The molecule has 0 radical (unpaired) electrons. The molecule has 3 heteroatoms. The zero-order chi connectivity index (χ0) is 8.55. The van der Waals surface area contributed by atoms with Crippen LogP contribution in [0.3, 0.4) is 0 Å². The van der Waals surface area contributed by atoms with E-state index < -0.39 is 0 Å². The first-order chi connectivity index (χ1) is 5.81. The predicted octanol–water partition coefficient (Wildman–Crippen LogP) is 1.91. The van der Waals surface area contributed by atoms with Gasteiger partial charge in [-0.1, -0.05) is 0 Å². The van der Waals surface area contributed by atoms with Crippen LogP contribution in [0.4, 0.5) is 4.39 Å². The second kappa shape index (κ2) is 2.75. The highest BCUT2D eigenvalue weighted by atomic mass is 19.1. The largest absolute Gasteiger partial charge is 0.497 e. The Bertz CT molecular complexity index is 295. The minimum absolute atomic E-state index is 0.0555. The van der Waals surface area contributed by atoms with E-state index in [0.717, 1.165) is 0 Å². The van der Waals surface area contributed by atoms with Crippen LogP contribution in [0.1, 0.15) is 11.7 Å². The highest BCUT2D eigenvalue weighted by Gasteiger charge is 2.28. The lowest BCUT2D eigenvalue weighted by Gasteiger charge is -2.02. The van der Waals surface area contributed by atoms with Crippen LogP contribution in [-0.2, 0) is 4.74 Å². The number of hydrogen-bond acceptors (Lipinski definition) is 2. The molecule has 0 aliphatic carbocycles. The number of rotatable bonds is 2. The third-order valence-electron chi connectivity index (χ3n) is 1.88. The standard InChI is InChI=1S/C9H9FO2/c1-11-6-2-3-8(10)7(4-6)9-5-12-9/h2-4,9H,5H2,1H3. The Morgan fingerprint density at radius 3 is 2.92 bits per heavy atom. The molecule has 0 aromatic heterocycles. The van der Waals surface area contributed by atoms with Gasteiger partial charge in [-0.05, 0) is 18.2 Å². The van der Waals surface area contributed by atoms with Crippen LogP contribution in [0, 0.1) is 5.82 Å². The highest BCUT2D eigenvalue weighted by molar-refractivity contribution is 5.32. The summed E-state index contributed by atoms with van der Waals surface area (Å²) in [5.41, 5.74) is 0.592. The van der Waals surface area contributed by atoms with E-state index in [1.807, 2.05) is 0 Å². The zero-order valence-corrected chi connectivity index (χ0v) is 6.71. The van der Waals surface area contributed by atoms with Gasteiger partial charge >= 0.3 is 0 Å². The van der Waals surface area contributed by atoms with E-state index in [1.54, 1.807) is 19.2 Å². The molecule has 1 aromatic rings. The van der Waals surface area contributed by atoms with E-state index in [1.165, 1.54) is 6.07 Å². The van der Waals surface area contributed by atoms with Crippen LogP contribution < -0.4 is 4.74 Å². The maximum Gasteiger partial charge on any atom is 0.129 e. The molecule has 0 spiro atoms. The van der Waals surface area contributed by atoms with Crippen molar-refractivity contribution < 1.29 is 13.9 Å². The SMILES string of the molecule is COc1ccc(F)c(C2CO2)c1. The summed E-state index contributed by atoms with van der Waals surface area (Å²) in [6.07, 6.45) is -0.0555. The van der Waals surface area contributed by atoms with Gasteiger partial charge in [-0.25, -0.2) is 4.39 Å². The molecule has 1 aliphatic heterocycles. The van der Waals surface area contributed by atoms with Crippen LogP contribution in [-0.4, -0.2) is 13.7 Å². The van der Waals surface area contributed by atoms with Crippen LogP contribution in [0.25, 0.3) is 0 Å². The quantitative estimate of drug-likeness (QED) is 0.629. The van der Waals surface area contributed by atoms with Crippen LogP contribution >= 0.6 is 0 Å². The molecule has 0 saturated carbocycles. The van der Waals surface area contributed by atoms with Crippen molar-refractivity contribution in [2.24, 2.45) is 0 Å². The van der Waals surface area contributed by atoms with Crippen molar-refractivity contribution in [2.45, 2.75) is 6.10 Å². The minimum atomic E-state index is -0.224. The number of benzene rings is 1. The van der Waals surface area contributed by atoms with Gasteiger partial charge in [-0.3, -0.25) is 0 Å². The summed E-state index contributed by atoms with van der Waals surface area (Å²) in [6.45, 7) is 0.615. The molecule has 1 aromatic carbocycles. The summed E-state index contributed by atoms with van der Waals surface area (Å²) in [5, 5.41) is 0. The Morgan fingerprint density at radius 2 is 2.33 bits per heavy atom. The lowest BCUT2D eigenvalue weighted by atomic mass is 10.1. The van der Waals surface area contributed by atoms with Crippen molar-refractivity contribution in [2.75, 3.05) is 13.7 Å². The average Bonchev–Trinajstić information content (AvgIpc) is 2.88. The van der Waals surface area contributed by atoms with E-state index in [0.29, 0.717) is 17.9 Å². The van der Waals surface area contributed by atoms with Crippen molar-refractivity contribution in [1.82, 2.24) is 0 Å². The molecule has 1 saturated heterocycles. The Morgan fingerprint density at radius 1 is 1.58 bits per heavy atom. The fraction of sp³-hybridized carbons (Fsp3) is 0.333. The van der Waals surface area contributed by atoms with E-state index in [9.17, 15) is 4.39 Å². The van der Waals surface area contributed by atoms with E-state index >= 15 is 0 Å². The molecule has 0 N–H and O–H groups in total. The molecular formula is C9H9FO2. The molecule has 12 heavy (non-hydrogen) atoms. The first kappa shape index (κ1) is 7.55. The number of halogens is 1. The molecule has 0 bridgehead atoms. The fourth-order valence-corrected chi connectivity index (χ4v) is 1.12. The van der Waals surface area contributed by atoms with Gasteiger partial charge in [0.1, 0.15) is 17.7 Å². The summed E-state index contributed by atoms with van der Waals surface area (Å²) in [5.74, 6) is 0.445. The second-order valence-corrected chi connectivity index (χ2v) is 2.71. The van der Waals surface area contributed by atoms with Gasteiger partial charge < -0.3 is 9.47 Å². The van der Waals surface area contributed by atoms with Crippen molar-refractivity contribution in [3.05, 3.63) is 29.6 Å². The van der Waals surface area contributed by atoms with E-state index in [-0.39, 0.29) is 11.9 Å².